The van der Waals surface area contributed by atoms with Crippen LogP contribution in [-0.4, -0.2) is 76.3 Å². The van der Waals surface area contributed by atoms with Gasteiger partial charge in [0.25, 0.3) is 5.56 Å². The minimum atomic E-state index is -0.395. The number of ether oxygens (including phenoxy) is 1. The van der Waals surface area contributed by atoms with E-state index in [0.29, 0.717) is 30.1 Å². The molecule has 0 radical (unpaired) electrons. The molecule has 30 heavy (non-hydrogen) atoms. The van der Waals surface area contributed by atoms with Crippen molar-refractivity contribution in [3.05, 3.63) is 58.5 Å². The Morgan fingerprint density at radius 2 is 1.90 bits per heavy atom. The molecular formula is C22H27N5O3. The molecule has 1 aliphatic rings. The lowest BCUT2D eigenvalue weighted by Gasteiger charge is -2.32. The lowest BCUT2D eigenvalue weighted by atomic mass is 10.2. The highest BCUT2D eigenvalue weighted by atomic mass is 16.5. The molecule has 0 aliphatic carbocycles. The van der Waals surface area contributed by atoms with Gasteiger partial charge in [0.15, 0.2) is 0 Å². The van der Waals surface area contributed by atoms with Crippen molar-refractivity contribution in [3.63, 3.8) is 0 Å². The van der Waals surface area contributed by atoms with Crippen LogP contribution in [-0.2, 0) is 11.3 Å². The molecule has 0 spiro atoms. The number of aromatic nitrogens is 3. The minimum absolute atomic E-state index is 0.147. The highest BCUT2D eigenvalue weighted by Gasteiger charge is 2.21. The highest BCUT2D eigenvalue weighted by Crippen LogP contribution is 2.26. The Bertz CT molecular complexity index is 1100. The number of piperazine rings is 1. The number of nitrogens with zero attached hydrogens (tertiary/aromatic N) is 5. The third kappa shape index (κ3) is 4.15. The van der Waals surface area contributed by atoms with Crippen LogP contribution in [0, 0.1) is 0 Å². The number of rotatable bonds is 6. The van der Waals surface area contributed by atoms with Crippen molar-refractivity contribution in [2.75, 3.05) is 46.4 Å². The van der Waals surface area contributed by atoms with Gasteiger partial charge in [0.05, 0.1) is 24.4 Å². The van der Waals surface area contributed by atoms with Gasteiger partial charge in [-0.2, -0.15) is 5.10 Å². The summed E-state index contributed by atoms with van der Waals surface area (Å²) in [5.74, 6) is -0.395. The van der Waals surface area contributed by atoms with Gasteiger partial charge in [-0.3, -0.25) is 9.69 Å². The second-order valence-corrected chi connectivity index (χ2v) is 7.55. The molecule has 1 aliphatic heterocycles. The van der Waals surface area contributed by atoms with Crippen molar-refractivity contribution in [3.8, 4) is 11.4 Å². The molecule has 0 atom stereocenters. The normalized spacial score (nSPS) is 15.5. The van der Waals surface area contributed by atoms with Gasteiger partial charge >= 0.3 is 5.97 Å². The van der Waals surface area contributed by atoms with Gasteiger partial charge in [0.2, 0.25) is 0 Å². The molecule has 8 heteroatoms. The lowest BCUT2D eigenvalue weighted by molar-refractivity contribution is 0.0527. The number of esters is 1. The van der Waals surface area contributed by atoms with E-state index in [4.69, 9.17) is 4.74 Å². The van der Waals surface area contributed by atoms with E-state index < -0.39 is 5.97 Å². The smallest absolute Gasteiger partial charge is 0.340 e. The Morgan fingerprint density at radius 3 is 2.67 bits per heavy atom. The van der Waals surface area contributed by atoms with Crippen LogP contribution in [0.2, 0.25) is 0 Å². The average Bonchev–Trinajstić information content (AvgIpc) is 3.14. The highest BCUT2D eigenvalue weighted by molar-refractivity contribution is 5.98. The van der Waals surface area contributed by atoms with Gasteiger partial charge < -0.3 is 14.0 Å². The molecule has 0 bridgehead atoms. The molecule has 0 saturated carbocycles. The number of fused-ring (bicyclic) bond motifs is 1. The fourth-order valence-corrected chi connectivity index (χ4v) is 3.79. The van der Waals surface area contributed by atoms with E-state index in [1.807, 2.05) is 28.8 Å². The first-order valence-corrected chi connectivity index (χ1v) is 10.3. The first-order chi connectivity index (χ1) is 14.6. The molecule has 0 aromatic carbocycles. The van der Waals surface area contributed by atoms with Gasteiger partial charge in [-0.15, -0.1) is 0 Å². The van der Waals surface area contributed by atoms with Crippen molar-refractivity contribution < 1.29 is 9.53 Å². The molecule has 3 aromatic heterocycles. The first kappa shape index (κ1) is 20.3. The zero-order valence-electron chi connectivity index (χ0n) is 17.5. The molecule has 0 unspecified atom stereocenters. The molecule has 0 N–H and O–H groups in total. The van der Waals surface area contributed by atoms with E-state index in [0.717, 1.165) is 38.2 Å². The number of hydrogen-bond acceptors (Lipinski definition) is 6. The van der Waals surface area contributed by atoms with Gasteiger partial charge in [0, 0.05) is 50.5 Å². The summed E-state index contributed by atoms with van der Waals surface area (Å²) in [6.07, 6.45) is 1.88. The van der Waals surface area contributed by atoms with Crippen LogP contribution in [0.4, 0.5) is 0 Å². The van der Waals surface area contributed by atoms with Crippen LogP contribution >= 0.6 is 0 Å². The molecule has 4 heterocycles. The standard InChI is InChI=1S/C22H27N5O3/c1-3-30-22(29)18-16-17-6-4-5-9-26(17)21(18)19-7-8-20(28)27(23-19)15-14-25-12-10-24(2)11-13-25/h4-9,16H,3,10-15H2,1-2H3. The summed E-state index contributed by atoms with van der Waals surface area (Å²) in [7, 11) is 2.12. The van der Waals surface area contributed by atoms with Crippen LogP contribution < -0.4 is 5.56 Å². The van der Waals surface area contributed by atoms with E-state index >= 15 is 0 Å². The van der Waals surface area contributed by atoms with Crippen LogP contribution in [0.3, 0.4) is 0 Å². The molecule has 1 fully saturated rings. The number of carbonyl (C=O) groups is 1. The van der Waals surface area contributed by atoms with E-state index in [2.05, 4.69) is 21.9 Å². The SMILES string of the molecule is CCOC(=O)c1cc2ccccn2c1-c1ccc(=O)n(CCN2CCN(C)CC2)n1. The van der Waals surface area contributed by atoms with Crippen LogP contribution in [0.15, 0.2) is 47.4 Å². The Hall–Kier alpha value is -2.97. The number of carbonyl (C=O) groups excluding carboxylic acids is 1. The molecular weight excluding hydrogens is 382 g/mol. The first-order valence-electron chi connectivity index (χ1n) is 10.3. The zero-order chi connectivity index (χ0) is 21.1. The van der Waals surface area contributed by atoms with Crippen molar-refractivity contribution >= 4 is 11.5 Å². The van der Waals surface area contributed by atoms with Gasteiger partial charge in [0.1, 0.15) is 5.69 Å². The van der Waals surface area contributed by atoms with Crippen LogP contribution in [0.1, 0.15) is 17.3 Å². The Balaban J connectivity index is 1.67. The van der Waals surface area contributed by atoms with E-state index in [1.165, 1.54) is 10.7 Å². The summed E-state index contributed by atoms with van der Waals surface area (Å²) in [5.41, 5.74) is 2.37. The molecule has 0 amide bonds. The maximum Gasteiger partial charge on any atom is 0.340 e. The molecule has 158 valence electrons. The second kappa shape index (κ2) is 8.81. The maximum atomic E-state index is 12.6. The third-order valence-corrected chi connectivity index (χ3v) is 5.51. The van der Waals surface area contributed by atoms with Crippen molar-refractivity contribution in [2.45, 2.75) is 13.5 Å². The lowest BCUT2D eigenvalue weighted by Crippen LogP contribution is -2.46. The summed E-state index contributed by atoms with van der Waals surface area (Å²) < 4.78 is 8.65. The predicted octanol–water partition coefficient (Wildman–Crippen LogP) is 1.59. The summed E-state index contributed by atoms with van der Waals surface area (Å²) in [6, 6.07) is 10.7. The van der Waals surface area contributed by atoms with Gasteiger partial charge in [-0.1, -0.05) is 6.07 Å². The number of likely N-dealkylation sites (N-methyl/N-ethyl adjacent to an activating group) is 1. The van der Waals surface area contributed by atoms with E-state index in [-0.39, 0.29) is 5.56 Å². The molecule has 4 rings (SSSR count). The van der Waals surface area contributed by atoms with E-state index in [9.17, 15) is 9.59 Å². The fourth-order valence-electron chi connectivity index (χ4n) is 3.79. The Morgan fingerprint density at radius 1 is 1.10 bits per heavy atom. The largest absolute Gasteiger partial charge is 0.462 e. The molecule has 1 saturated heterocycles. The van der Waals surface area contributed by atoms with Gasteiger partial charge in [-0.25, -0.2) is 9.48 Å². The van der Waals surface area contributed by atoms with Crippen molar-refractivity contribution in [1.29, 1.82) is 0 Å². The minimum Gasteiger partial charge on any atom is -0.462 e. The predicted molar refractivity (Wildman–Crippen MR) is 115 cm³/mol. The quantitative estimate of drug-likeness (QED) is 0.576. The third-order valence-electron chi connectivity index (χ3n) is 5.51. The monoisotopic (exact) mass is 409 g/mol. The summed E-state index contributed by atoms with van der Waals surface area (Å²) in [5, 5.41) is 4.61. The number of hydrogen-bond donors (Lipinski definition) is 0. The zero-order valence-corrected chi connectivity index (χ0v) is 17.5. The van der Waals surface area contributed by atoms with Crippen LogP contribution in [0.25, 0.3) is 16.9 Å². The Kier molecular flexibility index (Phi) is 5.96. The fraction of sp³-hybridized carbons (Fsp3) is 0.409. The summed E-state index contributed by atoms with van der Waals surface area (Å²) in [4.78, 5) is 29.6. The van der Waals surface area contributed by atoms with Gasteiger partial charge in [-0.05, 0) is 38.2 Å². The topological polar surface area (TPSA) is 72.1 Å². The van der Waals surface area contributed by atoms with Crippen molar-refractivity contribution in [2.24, 2.45) is 0 Å². The maximum absolute atomic E-state index is 12.6. The average molecular weight is 409 g/mol. The van der Waals surface area contributed by atoms with Crippen molar-refractivity contribution in [1.82, 2.24) is 24.0 Å². The molecule has 3 aromatic rings. The second-order valence-electron chi connectivity index (χ2n) is 7.55. The summed E-state index contributed by atoms with van der Waals surface area (Å²) in [6.45, 7) is 7.39. The Labute approximate surface area is 175 Å². The van der Waals surface area contributed by atoms with Crippen LogP contribution in [0.5, 0.6) is 0 Å². The number of pyridine rings is 1. The van der Waals surface area contributed by atoms with E-state index in [1.54, 1.807) is 19.1 Å². The molecule has 8 nitrogen and oxygen atoms in total. The summed E-state index contributed by atoms with van der Waals surface area (Å²) >= 11 is 0.